The van der Waals surface area contributed by atoms with Gasteiger partial charge >= 0.3 is 0 Å². The van der Waals surface area contributed by atoms with Crippen LogP contribution in [-0.4, -0.2) is 50.2 Å². The van der Waals surface area contributed by atoms with E-state index in [0.29, 0.717) is 6.54 Å². The van der Waals surface area contributed by atoms with Crippen LogP contribution >= 0.6 is 11.8 Å². The molecule has 6 heteroatoms. The van der Waals surface area contributed by atoms with Crippen LogP contribution in [0.25, 0.3) is 0 Å². The molecule has 0 saturated carbocycles. The molecule has 0 aliphatic rings. The fraction of sp³-hybridized carbons (Fsp3) is 0.429. The minimum absolute atomic E-state index is 0.0165. The highest BCUT2D eigenvalue weighted by molar-refractivity contribution is 7.98. The highest BCUT2D eigenvalue weighted by atomic mass is 32.2. The molecule has 2 amide bonds. The summed E-state index contributed by atoms with van der Waals surface area (Å²) in [5.74, 6) is -0.0593. The highest BCUT2D eigenvalue weighted by Gasteiger charge is 2.12. The van der Waals surface area contributed by atoms with Crippen LogP contribution in [0, 0.1) is 0 Å². The van der Waals surface area contributed by atoms with Crippen molar-refractivity contribution in [3.63, 3.8) is 0 Å². The topological polar surface area (TPSA) is 66.0 Å². The molecule has 5 nitrogen and oxygen atoms in total. The summed E-state index contributed by atoms with van der Waals surface area (Å²) in [5.41, 5.74) is 1.10. The van der Waals surface area contributed by atoms with Gasteiger partial charge in [-0.15, -0.1) is 11.8 Å². The van der Waals surface area contributed by atoms with Gasteiger partial charge in [-0.1, -0.05) is 12.1 Å². The Balaban J connectivity index is 2.38. The third-order valence-corrected chi connectivity index (χ3v) is 3.68. The average Bonchev–Trinajstić information content (AvgIpc) is 2.47. The molecule has 0 aromatic heterocycles. The van der Waals surface area contributed by atoms with Gasteiger partial charge in [-0.05, 0) is 24.0 Å². The number of hydrogen-bond donors (Lipinski definition) is 2. The van der Waals surface area contributed by atoms with E-state index < -0.39 is 0 Å². The summed E-state index contributed by atoms with van der Waals surface area (Å²) in [6, 6.07) is 8.17. The van der Waals surface area contributed by atoms with Gasteiger partial charge in [0.2, 0.25) is 0 Å². The molecule has 0 unspecified atom stereocenters. The van der Waals surface area contributed by atoms with Gasteiger partial charge in [0.25, 0.3) is 11.8 Å². The van der Waals surface area contributed by atoms with Crippen LogP contribution in [-0.2, 0) is 16.1 Å². The molecule has 0 aliphatic carbocycles. The Morgan fingerprint density at radius 3 is 2.45 bits per heavy atom. The molecular weight excluding hydrogens is 274 g/mol. The maximum atomic E-state index is 11.9. The standard InChI is InChI=1S/C14H21N3O2S/c1-15-13(18)8-16-9-14(19)17(2)10-11-4-6-12(20-3)7-5-11/h4-7,16H,8-10H2,1-3H3,(H,15,18)/p+1. The quantitative estimate of drug-likeness (QED) is 0.678. The molecule has 0 atom stereocenters. The van der Waals surface area contributed by atoms with Gasteiger partial charge in [-0.3, -0.25) is 9.59 Å². The van der Waals surface area contributed by atoms with Crippen LogP contribution in [0.4, 0.5) is 0 Å². The lowest BCUT2D eigenvalue weighted by Crippen LogP contribution is -2.88. The van der Waals surface area contributed by atoms with Crippen molar-refractivity contribution in [1.29, 1.82) is 0 Å². The number of nitrogens with zero attached hydrogens (tertiary/aromatic N) is 1. The molecule has 20 heavy (non-hydrogen) atoms. The molecule has 1 aromatic carbocycles. The Morgan fingerprint density at radius 2 is 1.90 bits per heavy atom. The summed E-state index contributed by atoms with van der Waals surface area (Å²) >= 11 is 1.70. The minimum atomic E-state index is -0.0758. The van der Waals surface area contributed by atoms with Crippen LogP contribution in [0.3, 0.4) is 0 Å². The number of quaternary nitrogens is 1. The van der Waals surface area contributed by atoms with E-state index in [1.165, 1.54) is 4.90 Å². The van der Waals surface area contributed by atoms with Gasteiger partial charge in [-0.25, -0.2) is 0 Å². The lowest BCUT2D eigenvalue weighted by molar-refractivity contribution is -0.633. The normalized spacial score (nSPS) is 10.2. The van der Waals surface area contributed by atoms with E-state index in [1.807, 2.05) is 18.4 Å². The lowest BCUT2D eigenvalue weighted by Gasteiger charge is -2.16. The van der Waals surface area contributed by atoms with Gasteiger partial charge < -0.3 is 15.5 Å². The van der Waals surface area contributed by atoms with Crippen LogP contribution in [0.1, 0.15) is 5.56 Å². The van der Waals surface area contributed by atoms with Crippen LogP contribution < -0.4 is 10.6 Å². The number of nitrogens with one attached hydrogen (secondary N) is 1. The number of thioether (sulfide) groups is 1. The number of benzene rings is 1. The predicted molar refractivity (Wildman–Crippen MR) is 80.4 cm³/mol. The van der Waals surface area contributed by atoms with E-state index in [2.05, 4.69) is 17.4 Å². The molecule has 110 valence electrons. The lowest BCUT2D eigenvalue weighted by atomic mass is 10.2. The van der Waals surface area contributed by atoms with Gasteiger partial charge in [0.1, 0.15) is 0 Å². The largest absolute Gasteiger partial charge is 0.354 e. The number of amides is 2. The van der Waals surface area contributed by atoms with Crippen molar-refractivity contribution in [1.82, 2.24) is 10.2 Å². The number of rotatable bonds is 7. The fourth-order valence-corrected chi connectivity index (χ4v) is 2.09. The molecule has 0 radical (unpaired) electrons. The van der Waals surface area contributed by atoms with Crippen molar-refractivity contribution in [3.8, 4) is 0 Å². The van der Waals surface area contributed by atoms with E-state index in [1.54, 1.807) is 36.1 Å². The van der Waals surface area contributed by atoms with Gasteiger partial charge in [0.05, 0.1) is 0 Å². The summed E-state index contributed by atoms with van der Waals surface area (Å²) in [6.07, 6.45) is 2.03. The highest BCUT2D eigenvalue weighted by Crippen LogP contribution is 2.15. The molecule has 1 aromatic rings. The first-order valence-corrected chi connectivity index (χ1v) is 7.68. The Labute approximate surface area is 124 Å². The first kappa shape index (κ1) is 16.5. The zero-order valence-corrected chi connectivity index (χ0v) is 13.0. The second-order valence-electron chi connectivity index (χ2n) is 4.47. The van der Waals surface area contributed by atoms with Crippen LogP contribution in [0.15, 0.2) is 29.2 Å². The molecule has 0 bridgehead atoms. The van der Waals surface area contributed by atoms with E-state index in [-0.39, 0.29) is 24.9 Å². The molecule has 3 N–H and O–H groups in total. The number of carbonyl (C=O) groups excluding carboxylic acids is 2. The fourth-order valence-electron chi connectivity index (χ4n) is 1.68. The molecule has 0 heterocycles. The second-order valence-corrected chi connectivity index (χ2v) is 5.35. The summed E-state index contributed by atoms with van der Waals surface area (Å²) < 4.78 is 0. The van der Waals surface area contributed by atoms with E-state index >= 15 is 0 Å². The van der Waals surface area contributed by atoms with E-state index in [0.717, 1.165) is 5.56 Å². The maximum Gasteiger partial charge on any atom is 0.277 e. The number of hydrogen-bond acceptors (Lipinski definition) is 3. The summed E-state index contributed by atoms with van der Waals surface area (Å²) in [5, 5.41) is 4.22. The molecular formula is C14H22N3O2S+. The van der Waals surface area contributed by atoms with Crippen molar-refractivity contribution in [2.24, 2.45) is 0 Å². The summed E-state index contributed by atoms with van der Waals surface area (Å²) in [4.78, 5) is 25.8. The molecule has 1 rings (SSSR count). The van der Waals surface area contributed by atoms with E-state index in [9.17, 15) is 9.59 Å². The number of nitrogens with two attached hydrogens (primary N) is 1. The zero-order chi connectivity index (χ0) is 15.0. The molecule has 0 saturated heterocycles. The molecule has 0 aliphatic heterocycles. The Hall–Kier alpha value is -1.53. The van der Waals surface area contributed by atoms with Crippen molar-refractivity contribution in [3.05, 3.63) is 29.8 Å². The van der Waals surface area contributed by atoms with Gasteiger partial charge in [-0.2, -0.15) is 0 Å². The van der Waals surface area contributed by atoms with Crippen molar-refractivity contribution < 1.29 is 14.9 Å². The maximum absolute atomic E-state index is 11.9. The Kier molecular flexibility index (Phi) is 7.11. The van der Waals surface area contributed by atoms with Crippen molar-refractivity contribution in [2.45, 2.75) is 11.4 Å². The van der Waals surface area contributed by atoms with Crippen molar-refractivity contribution >= 4 is 23.6 Å². The van der Waals surface area contributed by atoms with E-state index in [4.69, 9.17) is 0 Å². The molecule has 0 fully saturated rings. The first-order valence-electron chi connectivity index (χ1n) is 6.46. The predicted octanol–water partition coefficient (Wildman–Crippen LogP) is -0.324. The summed E-state index contributed by atoms with van der Waals surface area (Å²) in [6.45, 7) is 1.15. The van der Waals surface area contributed by atoms with Gasteiger partial charge in [0.15, 0.2) is 13.1 Å². The van der Waals surface area contributed by atoms with Gasteiger partial charge in [0, 0.05) is 25.5 Å². The average molecular weight is 296 g/mol. The monoisotopic (exact) mass is 296 g/mol. The first-order chi connectivity index (χ1) is 9.56. The van der Waals surface area contributed by atoms with Crippen LogP contribution in [0.2, 0.25) is 0 Å². The SMILES string of the molecule is CNC(=O)C[NH2+]CC(=O)N(C)Cc1ccc(SC)cc1. The van der Waals surface area contributed by atoms with Crippen molar-refractivity contribution in [2.75, 3.05) is 33.4 Å². The Morgan fingerprint density at radius 1 is 1.25 bits per heavy atom. The minimum Gasteiger partial charge on any atom is -0.354 e. The third-order valence-electron chi connectivity index (χ3n) is 2.93. The zero-order valence-electron chi connectivity index (χ0n) is 12.2. The number of carbonyl (C=O) groups is 2. The summed E-state index contributed by atoms with van der Waals surface area (Å²) in [7, 11) is 3.36. The van der Waals surface area contributed by atoms with Crippen LogP contribution in [0.5, 0.6) is 0 Å². The Bertz CT molecular complexity index is 448. The molecule has 0 spiro atoms. The number of likely N-dealkylation sites (N-methyl/N-ethyl adjacent to an activating group) is 2. The third kappa shape index (κ3) is 5.63. The smallest absolute Gasteiger partial charge is 0.277 e. The second kappa shape index (κ2) is 8.60.